The Morgan fingerprint density at radius 2 is 1.55 bits per heavy atom. The second-order valence-electron chi connectivity index (χ2n) is 3.53. The van der Waals surface area contributed by atoms with Crippen molar-refractivity contribution in [2.45, 2.75) is 53.0 Å². The number of hydrogen-bond acceptors (Lipinski definition) is 1. The van der Waals surface area contributed by atoms with Gasteiger partial charge in [0.15, 0.2) is 0 Å². The maximum atomic E-state index is 6.00. The van der Waals surface area contributed by atoms with Gasteiger partial charge in [0.2, 0.25) is 0 Å². The summed E-state index contributed by atoms with van der Waals surface area (Å²) in [6.07, 6.45) is 3.60. The van der Waals surface area contributed by atoms with Crippen LogP contribution in [0.1, 0.15) is 47.0 Å². The van der Waals surface area contributed by atoms with Gasteiger partial charge in [0, 0.05) is 6.04 Å². The molecule has 0 saturated carbocycles. The Morgan fingerprint density at radius 3 is 1.82 bits per heavy atom. The molecule has 1 nitrogen and oxygen atoms in total. The third-order valence-corrected chi connectivity index (χ3v) is 2.87. The van der Waals surface area contributed by atoms with Crippen LogP contribution in [0.4, 0.5) is 0 Å². The molecule has 0 spiro atoms. The van der Waals surface area contributed by atoms with Crippen molar-refractivity contribution >= 4 is 0 Å². The highest BCUT2D eigenvalue weighted by Crippen LogP contribution is 2.22. The molecule has 1 heteroatoms. The minimum atomic E-state index is 0.412. The predicted octanol–water partition coefficient (Wildman–Crippen LogP) is 2.80. The number of rotatable bonds is 5. The summed E-state index contributed by atoms with van der Waals surface area (Å²) in [7, 11) is 0. The quantitative estimate of drug-likeness (QED) is 0.652. The van der Waals surface area contributed by atoms with Crippen LogP contribution in [0.15, 0.2) is 0 Å². The molecule has 0 amide bonds. The van der Waals surface area contributed by atoms with Crippen LogP contribution < -0.4 is 5.73 Å². The molecular formula is C10H23N. The van der Waals surface area contributed by atoms with Crippen LogP contribution in [-0.2, 0) is 0 Å². The van der Waals surface area contributed by atoms with Gasteiger partial charge < -0.3 is 5.73 Å². The van der Waals surface area contributed by atoms with Crippen molar-refractivity contribution < 1.29 is 0 Å². The molecule has 0 aliphatic rings. The van der Waals surface area contributed by atoms with Gasteiger partial charge in [-0.05, 0) is 18.3 Å². The molecule has 11 heavy (non-hydrogen) atoms. The van der Waals surface area contributed by atoms with E-state index in [1.165, 1.54) is 12.8 Å². The lowest BCUT2D eigenvalue weighted by Crippen LogP contribution is -2.33. The first kappa shape index (κ1) is 11.0. The molecule has 3 unspecified atom stereocenters. The fraction of sp³-hybridized carbons (Fsp3) is 1.00. The summed E-state index contributed by atoms with van der Waals surface area (Å²) in [6, 6.07) is 0.412. The van der Waals surface area contributed by atoms with E-state index in [4.69, 9.17) is 5.73 Å². The maximum Gasteiger partial charge on any atom is 0.00669 e. The average Bonchev–Trinajstić information content (AvgIpc) is 2.05. The molecule has 3 atom stereocenters. The molecule has 68 valence electrons. The summed E-state index contributed by atoms with van der Waals surface area (Å²) >= 11 is 0. The van der Waals surface area contributed by atoms with E-state index in [1.54, 1.807) is 0 Å². The zero-order chi connectivity index (χ0) is 8.85. The Hall–Kier alpha value is -0.0400. The molecule has 0 aromatic heterocycles. The highest BCUT2D eigenvalue weighted by molar-refractivity contribution is 4.74. The fourth-order valence-electron chi connectivity index (χ4n) is 1.73. The van der Waals surface area contributed by atoms with Crippen molar-refractivity contribution in [3.05, 3.63) is 0 Å². The topological polar surface area (TPSA) is 26.0 Å². The van der Waals surface area contributed by atoms with Crippen LogP contribution in [0.2, 0.25) is 0 Å². The van der Waals surface area contributed by atoms with E-state index < -0.39 is 0 Å². The third kappa shape index (κ3) is 3.24. The summed E-state index contributed by atoms with van der Waals surface area (Å²) < 4.78 is 0. The van der Waals surface area contributed by atoms with E-state index in [1.807, 2.05) is 0 Å². The van der Waals surface area contributed by atoms with Crippen LogP contribution in [0.3, 0.4) is 0 Å². The van der Waals surface area contributed by atoms with Gasteiger partial charge in [0.1, 0.15) is 0 Å². The van der Waals surface area contributed by atoms with Crippen molar-refractivity contribution in [3.63, 3.8) is 0 Å². The molecule has 0 saturated heterocycles. The van der Waals surface area contributed by atoms with Crippen molar-refractivity contribution in [3.8, 4) is 0 Å². The van der Waals surface area contributed by atoms with Gasteiger partial charge in [0.25, 0.3) is 0 Å². The van der Waals surface area contributed by atoms with E-state index in [0.717, 1.165) is 18.3 Å². The van der Waals surface area contributed by atoms with E-state index in [2.05, 4.69) is 27.7 Å². The molecule has 0 aromatic rings. The Balaban J connectivity index is 3.92. The first-order valence-corrected chi connectivity index (χ1v) is 4.92. The average molecular weight is 157 g/mol. The first-order chi connectivity index (χ1) is 5.17. The molecule has 0 heterocycles. The molecule has 0 bridgehead atoms. The van der Waals surface area contributed by atoms with Gasteiger partial charge in [-0.2, -0.15) is 0 Å². The second-order valence-corrected chi connectivity index (χ2v) is 3.53. The molecule has 2 N–H and O–H groups in total. The van der Waals surface area contributed by atoms with Gasteiger partial charge in [-0.1, -0.05) is 40.5 Å². The van der Waals surface area contributed by atoms with E-state index in [-0.39, 0.29) is 0 Å². The first-order valence-electron chi connectivity index (χ1n) is 4.92. The standard InChI is InChI=1S/C10H23N/c1-5-8(4)9(6-2)10(11)7-3/h8-10H,5-7,11H2,1-4H3. The molecule has 0 radical (unpaired) electrons. The Morgan fingerprint density at radius 1 is 1.00 bits per heavy atom. The SMILES string of the molecule is CCC(C)C(CC)C(N)CC. The second kappa shape index (κ2) is 5.59. The van der Waals surface area contributed by atoms with Crippen LogP contribution in [-0.4, -0.2) is 6.04 Å². The lowest BCUT2D eigenvalue weighted by Gasteiger charge is -2.26. The highest BCUT2D eigenvalue weighted by Gasteiger charge is 2.19. The molecule has 0 rings (SSSR count). The largest absolute Gasteiger partial charge is 0.327 e. The molecule has 0 aliphatic heterocycles. The van der Waals surface area contributed by atoms with Gasteiger partial charge in [-0.25, -0.2) is 0 Å². The Kier molecular flexibility index (Phi) is 5.57. The van der Waals surface area contributed by atoms with E-state index >= 15 is 0 Å². The molecular weight excluding hydrogens is 134 g/mol. The summed E-state index contributed by atoms with van der Waals surface area (Å²) in [4.78, 5) is 0. The minimum Gasteiger partial charge on any atom is -0.327 e. The normalized spacial score (nSPS) is 19.4. The molecule has 0 fully saturated rings. The van der Waals surface area contributed by atoms with Crippen molar-refractivity contribution in [1.29, 1.82) is 0 Å². The predicted molar refractivity (Wildman–Crippen MR) is 51.5 cm³/mol. The smallest absolute Gasteiger partial charge is 0.00669 e. The Bertz CT molecular complexity index is 80.9. The van der Waals surface area contributed by atoms with Gasteiger partial charge in [0.05, 0.1) is 0 Å². The van der Waals surface area contributed by atoms with Gasteiger partial charge >= 0.3 is 0 Å². The molecule has 0 aromatic carbocycles. The van der Waals surface area contributed by atoms with Crippen molar-refractivity contribution in [2.24, 2.45) is 17.6 Å². The van der Waals surface area contributed by atoms with Crippen LogP contribution >= 0.6 is 0 Å². The van der Waals surface area contributed by atoms with Crippen LogP contribution in [0, 0.1) is 11.8 Å². The van der Waals surface area contributed by atoms with Crippen molar-refractivity contribution in [1.82, 2.24) is 0 Å². The monoisotopic (exact) mass is 157 g/mol. The lowest BCUT2D eigenvalue weighted by atomic mass is 9.83. The summed E-state index contributed by atoms with van der Waals surface area (Å²) in [5.41, 5.74) is 6.00. The number of hydrogen-bond donors (Lipinski definition) is 1. The van der Waals surface area contributed by atoms with Crippen LogP contribution in [0.5, 0.6) is 0 Å². The van der Waals surface area contributed by atoms with Crippen LogP contribution in [0.25, 0.3) is 0 Å². The fourth-order valence-corrected chi connectivity index (χ4v) is 1.73. The molecule has 0 aliphatic carbocycles. The zero-order valence-corrected chi connectivity index (χ0v) is 8.43. The van der Waals surface area contributed by atoms with Crippen molar-refractivity contribution in [2.75, 3.05) is 0 Å². The Labute approximate surface area is 71.4 Å². The minimum absolute atomic E-state index is 0.412. The summed E-state index contributed by atoms with van der Waals surface area (Å²) in [5.74, 6) is 1.51. The summed E-state index contributed by atoms with van der Waals surface area (Å²) in [6.45, 7) is 8.97. The zero-order valence-electron chi connectivity index (χ0n) is 8.43. The summed E-state index contributed by atoms with van der Waals surface area (Å²) in [5, 5.41) is 0. The van der Waals surface area contributed by atoms with Gasteiger partial charge in [-0.3, -0.25) is 0 Å². The lowest BCUT2D eigenvalue weighted by molar-refractivity contribution is 0.278. The number of nitrogens with two attached hydrogens (primary N) is 1. The third-order valence-electron chi connectivity index (χ3n) is 2.87. The van der Waals surface area contributed by atoms with E-state index in [0.29, 0.717) is 6.04 Å². The van der Waals surface area contributed by atoms with Gasteiger partial charge in [-0.15, -0.1) is 0 Å². The highest BCUT2D eigenvalue weighted by atomic mass is 14.6. The van der Waals surface area contributed by atoms with E-state index in [9.17, 15) is 0 Å². The maximum absolute atomic E-state index is 6.00.